The molecule has 4 heteroatoms. The van der Waals surface area contributed by atoms with Crippen LogP contribution < -0.4 is 0 Å². The largest absolute Gasteiger partial charge is 0.394 e. The first kappa shape index (κ1) is 15.8. The second-order valence-electron chi connectivity index (χ2n) is 5.63. The highest BCUT2D eigenvalue weighted by Gasteiger charge is 2.40. The Hall–Kier alpha value is -0.550. The van der Waals surface area contributed by atoms with Crippen LogP contribution in [0.15, 0.2) is 35.2 Å². The fourth-order valence-corrected chi connectivity index (χ4v) is 4.41. The number of hydrogen-bond acceptors (Lipinski definition) is 4. The molecule has 0 aliphatic heterocycles. The van der Waals surface area contributed by atoms with Gasteiger partial charge in [-0.1, -0.05) is 37.5 Å². The second-order valence-corrected chi connectivity index (χ2v) is 7.12. The summed E-state index contributed by atoms with van der Waals surface area (Å²) in [6, 6.07) is 10.1. The highest BCUT2D eigenvalue weighted by Crippen LogP contribution is 2.47. The average molecular weight is 296 g/mol. The molecule has 20 heavy (non-hydrogen) atoms. The van der Waals surface area contributed by atoms with Gasteiger partial charge in [-0.15, -0.1) is 11.8 Å². The van der Waals surface area contributed by atoms with E-state index in [-0.39, 0.29) is 17.8 Å². The molecule has 0 amide bonds. The Morgan fingerprint density at radius 2 is 1.70 bits per heavy atom. The first-order valence-corrected chi connectivity index (χ1v) is 8.19. The normalized spacial score (nSPS) is 21.4. The van der Waals surface area contributed by atoms with Crippen LogP contribution in [-0.2, 0) is 0 Å². The van der Waals surface area contributed by atoms with Crippen LogP contribution in [0.25, 0.3) is 0 Å². The molecule has 0 heterocycles. The van der Waals surface area contributed by atoms with E-state index < -0.39 is 12.2 Å². The predicted molar refractivity (Wildman–Crippen MR) is 81.8 cm³/mol. The molecule has 1 aromatic rings. The SMILES string of the molecule is OC[C@H](O)C[C@@H](O)C1(Sc2ccccc2)CCCCC1. The van der Waals surface area contributed by atoms with E-state index in [4.69, 9.17) is 5.11 Å². The van der Waals surface area contributed by atoms with Crippen molar-refractivity contribution < 1.29 is 15.3 Å². The maximum Gasteiger partial charge on any atom is 0.0796 e. The molecule has 0 bridgehead atoms. The van der Waals surface area contributed by atoms with E-state index >= 15 is 0 Å². The summed E-state index contributed by atoms with van der Waals surface area (Å²) in [5.74, 6) is 0. The Labute approximate surface area is 125 Å². The van der Waals surface area contributed by atoms with Gasteiger partial charge in [-0.3, -0.25) is 0 Å². The molecule has 0 saturated heterocycles. The van der Waals surface area contributed by atoms with Crippen LogP contribution in [0.3, 0.4) is 0 Å². The lowest BCUT2D eigenvalue weighted by atomic mass is 9.82. The highest BCUT2D eigenvalue weighted by molar-refractivity contribution is 8.00. The summed E-state index contributed by atoms with van der Waals surface area (Å²) in [5.41, 5.74) is 0. The predicted octanol–water partition coefficient (Wildman–Crippen LogP) is 2.59. The molecule has 1 aromatic carbocycles. The van der Waals surface area contributed by atoms with E-state index in [1.807, 2.05) is 18.2 Å². The maximum atomic E-state index is 10.6. The molecule has 0 radical (unpaired) electrons. The number of aliphatic hydroxyl groups excluding tert-OH is 3. The monoisotopic (exact) mass is 296 g/mol. The van der Waals surface area contributed by atoms with Crippen LogP contribution in [0, 0.1) is 0 Å². The molecule has 1 aliphatic carbocycles. The quantitative estimate of drug-likeness (QED) is 0.755. The Morgan fingerprint density at radius 3 is 2.30 bits per heavy atom. The molecule has 1 fully saturated rings. The Bertz CT molecular complexity index is 390. The molecule has 0 aromatic heterocycles. The minimum absolute atomic E-state index is 0.226. The Kier molecular flexibility index (Phi) is 5.90. The Morgan fingerprint density at radius 1 is 1.05 bits per heavy atom. The van der Waals surface area contributed by atoms with Gasteiger partial charge in [-0.2, -0.15) is 0 Å². The Balaban J connectivity index is 2.12. The van der Waals surface area contributed by atoms with Crippen molar-refractivity contribution in [3.63, 3.8) is 0 Å². The molecule has 0 spiro atoms. The van der Waals surface area contributed by atoms with Gasteiger partial charge in [0.2, 0.25) is 0 Å². The fraction of sp³-hybridized carbons (Fsp3) is 0.625. The van der Waals surface area contributed by atoms with Gasteiger partial charge in [0, 0.05) is 16.1 Å². The van der Waals surface area contributed by atoms with Gasteiger partial charge < -0.3 is 15.3 Å². The second kappa shape index (κ2) is 7.46. The van der Waals surface area contributed by atoms with Crippen LogP contribution in [0.1, 0.15) is 38.5 Å². The number of thioether (sulfide) groups is 1. The third-order valence-corrected chi connectivity index (χ3v) is 5.67. The van der Waals surface area contributed by atoms with Crippen LogP contribution in [0.4, 0.5) is 0 Å². The lowest BCUT2D eigenvalue weighted by Crippen LogP contribution is -2.43. The summed E-state index contributed by atoms with van der Waals surface area (Å²) >= 11 is 1.73. The van der Waals surface area contributed by atoms with Gasteiger partial charge in [-0.05, 0) is 25.0 Å². The minimum atomic E-state index is -0.833. The van der Waals surface area contributed by atoms with Crippen LogP contribution in [0.5, 0.6) is 0 Å². The van der Waals surface area contributed by atoms with Crippen molar-refractivity contribution in [3.05, 3.63) is 30.3 Å². The van der Waals surface area contributed by atoms with Crippen LogP contribution in [-0.4, -0.2) is 38.9 Å². The molecule has 2 atom stereocenters. The third-order valence-electron chi connectivity index (χ3n) is 4.08. The summed E-state index contributed by atoms with van der Waals surface area (Å²) in [6.45, 7) is -0.289. The van der Waals surface area contributed by atoms with E-state index in [0.29, 0.717) is 0 Å². The molecular weight excluding hydrogens is 272 g/mol. The first-order chi connectivity index (χ1) is 9.66. The van der Waals surface area contributed by atoms with E-state index in [9.17, 15) is 10.2 Å². The molecule has 2 rings (SSSR count). The average Bonchev–Trinajstić information content (AvgIpc) is 2.49. The van der Waals surface area contributed by atoms with E-state index in [2.05, 4.69) is 12.1 Å². The summed E-state index contributed by atoms with van der Waals surface area (Å²) in [7, 11) is 0. The first-order valence-electron chi connectivity index (χ1n) is 7.37. The molecule has 3 nitrogen and oxygen atoms in total. The lowest BCUT2D eigenvalue weighted by Gasteiger charge is -2.41. The number of rotatable bonds is 6. The van der Waals surface area contributed by atoms with Crippen LogP contribution in [0.2, 0.25) is 0 Å². The number of aliphatic hydroxyl groups is 3. The summed E-state index contributed by atoms with van der Waals surface area (Å²) in [5, 5.41) is 29.2. The summed E-state index contributed by atoms with van der Waals surface area (Å²) in [4.78, 5) is 1.16. The zero-order valence-electron chi connectivity index (χ0n) is 11.7. The van der Waals surface area contributed by atoms with Crippen molar-refractivity contribution in [1.82, 2.24) is 0 Å². The van der Waals surface area contributed by atoms with Gasteiger partial charge in [-0.25, -0.2) is 0 Å². The van der Waals surface area contributed by atoms with Crippen molar-refractivity contribution in [2.75, 3.05) is 6.61 Å². The molecule has 3 N–H and O–H groups in total. The topological polar surface area (TPSA) is 60.7 Å². The number of hydrogen-bond donors (Lipinski definition) is 3. The van der Waals surface area contributed by atoms with Crippen LogP contribution >= 0.6 is 11.8 Å². The van der Waals surface area contributed by atoms with E-state index in [1.165, 1.54) is 6.42 Å². The lowest BCUT2D eigenvalue weighted by molar-refractivity contribution is 0.0196. The van der Waals surface area contributed by atoms with Gasteiger partial charge >= 0.3 is 0 Å². The zero-order chi connectivity index (χ0) is 14.4. The van der Waals surface area contributed by atoms with E-state index in [1.54, 1.807) is 11.8 Å². The molecule has 1 saturated carbocycles. The highest BCUT2D eigenvalue weighted by atomic mass is 32.2. The smallest absolute Gasteiger partial charge is 0.0796 e. The number of benzene rings is 1. The molecule has 0 unspecified atom stereocenters. The van der Waals surface area contributed by atoms with Gasteiger partial charge in [0.05, 0.1) is 18.8 Å². The van der Waals surface area contributed by atoms with Gasteiger partial charge in [0.1, 0.15) is 0 Å². The minimum Gasteiger partial charge on any atom is -0.394 e. The van der Waals surface area contributed by atoms with Gasteiger partial charge in [0.25, 0.3) is 0 Å². The third kappa shape index (κ3) is 3.98. The standard InChI is InChI=1S/C16H24O3S/c17-12-13(18)11-15(19)16(9-5-2-6-10-16)20-14-7-3-1-4-8-14/h1,3-4,7-8,13,15,17-19H,2,5-6,9-12H2/t13-,15-/m1/s1. The van der Waals surface area contributed by atoms with Gasteiger partial charge in [0.15, 0.2) is 0 Å². The van der Waals surface area contributed by atoms with Crippen molar-refractivity contribution in [2.45, 2.75) is 60.4 Å². The summed E-state index contributed by atoms with van der Waals surface area (Å²) < 4.78 is -0.226. The zero-order valence-corrected chi connectivity index (χ0v) is 12.6. The molecule has 112 valence electrons. The van der Waals surface area contributed by atoms with Crippen molar-refractivity contribution in [1.29, 1.82) is 0 Å². The van der Waals surface area contributed by atoms with Crippen molar-refractivity contribution in [2.24, 2.45) is 0 Å². The van der Waals surface area contributed by atoms with Crippen molar-refractivity contribution in [3.8, 4) is 0 Å². The fourth-order valence-electron chi connectivity index (χ4n) is 2.92. The van der Waals surface area contributed by atoms with Crippen molar-refractivity contribution >= 4 is 11.8 Å². The molecule has 1 aliphatic rings. The summed E-state index contributed by atoms with van der Waals surface area (Å²) in [6.07, 6.45) is 4.20. The maximum absolute atomic E-state index is 10.6. The van der Waals surface area contributed by atoms with E-state index in [0.717, 1.165) is 30.6 Å². The molecular formula is C16H24O3S.